The number of methoxy groups -OCH3 is 2. The molecule has 1 rings (SSSR count). The van der Waals surface area contributed by atoms with Gasteiger partial charge in [-0.25, -0.2) is 8.42 Å². The molecule has 15 heavy (non-hydrogen) atoms. The van der Waals surface area contributed by atoms with Crippen LogP contribution in [0.5, 0.6) is 11.8 Å². The zero-order chi connectivity index (χ0) is 11.6. The van der Waals surface area contributed by atoms with E-state index in [1.54, 1.807) is 0 Å². The van der Waals surface area contributed by atoms with Gasteiger partial charge in [0, 0.05) is 10.7 Å². The third-order valence-electron chi connectivity index (χ3n) is 1.37. The smallest absolute Gasteiger partial charge is 0.297 e. The number of halogens is 2. The molecule has 0 bridgehead atoms. The predicted molar refractivity (Wildman–Crippen MR) is 53.2 cm³/mol. The number of ether oxygens (including phenoxy) is 2. The molecule has 0 unspecified atom stereocenters. The average Bonchev–Trinajstić information content (AvgIpc) is 2.16. The van der Waals surface area contributed by atoms with Gasteiger partial charge < -0.3 is 9.47 Å². The largest absolute Gasteiger partial charge is 0.480 e. The van der Waals surface area contributed by atoms with Crippen molar-refractivity contribution in [1.82, 2.24) is 9.97 Å². The van der Waals surface area contributed by atoms with Crippen molar-refractivity contribution in [2.75, 3.05) is 14.2 Å². The van der Waals surface area contributed by atoms with E-state index >= 15 is 0 Å². The van der Waals surface area contributed by atoms with E-state index < -0.39 is 14.2 Å². The van der Waals surface area contributed by atoms with Crippen LogP contribution in [-0.4, -0.2) is 32.6 Å². The summed E-state index contributed by atoms with van der Waals surface area (Å²) in [5, 5.41) is -0.647. The highest BCUT2D eigenvalue weighted by molar-refractivity contribution is 8.13. The normalized spacial score (nSPS) is 11.2. The van der Waals surface area contributed by atoms with Gasteiger partial charge in [-0.1, -0.05) is 11.6 Å². The molecule has 84 valence electrons. The van der Waals surface area contributed by atoms with Crippen LogP contribution in [0.4, 0.5) is 0 Å². The van der Waals surface area contributed by atoms with E-state index in [-0.39, 0.29) is 16.8 Å². The molecule has 0 spiro atoms. The van der Waals surface area contributed by atoms with Crippen LogP contribution >= 0.6 is 22.3 Å². The standard InChI is InChI=1S/C6H6Cl2N2O4S/c1-13-4-3(7)5(14-2)10-6(9-4)15(8,11)12/h1-2H3. The lowest BCUT2D eigenvalue weighted by molar-refractivity contribution is 0.363. The Morgan fingerprint density at radius 1 is 1.13 bits per heavy atom. The van der Waals surface area contributed by atoms with Crippen molar-refractivity contribution in [3.05, 3.63) is 5.02 Å². The quantitative estimate of drug-likeness (QED) is 0.605. The first-order chi connectivity index (χ1) is 6.90. The summed E-state index contributed by atoms with van der Waals surface area (Å²) in [4.78, 5) is 7.01. The summed E-state index contributed by atoms with van der Waals surface area (Å²) in [6.07, 6.45) is 0. The van der Waals surface area contributed by atoms with Crippen molar-refractivity contribution in [3.8, 4) is 11.8 Å². The van der Waals surface area contributed by atoms with Crippen LogP contribution in [-0.2, 0) is 9.05 Å². The van der Waals surface area contributed by atoms with Gasteiger partial charge >= 0.3 is 0 Å². The third kappa shape index (κ3) is 2.61. The molecule has 0 aliphatic rings. The molecule has 1 heterocycles. The average molecular weight is 273 g/mol. The SMILES string of the molecule is COc1nc(S(=O)(=O)Cl)nc(OC)c1Cl. The molecular weight excluding hydrogens is 267 g/mol. The van der Waals surface area contributed by atoms with Gasteiger partial charge in [-0.05, 0) is 0 Å². The molecule has 0 atom stereocenters. The predicted octanol–water partition coefficient (Wildman–Crippen LogP) is 1.07. The van der Waals surface area contributed by atoms with E-state index in [2.05, 4.69) is 9.97 Å². The third-order valence-corrected chi connectivity index (χ3v) is 2.73. The van der Waals surface area contributed by atoms with Gasteiger partial charge in [-0.2, -0.15) is 9.97 Å². The van der Waals surface area contributed by atoms with Gasteiger partial charge in [0.25, 0.3) is 14.2 Å². The molecule has 0 N–H and O–H groups in total. The fourth-order valence-electron chi connectivity index (χ4n) is 0.768. The minimum Gasteiger partial charge on any atom is -0.480 e. The first-order valence-electron chi connectivity index (χ1n) is 3.50. The minimum absolute atomic E-state index is 0.0240. The molecule has 0 saturated carbocycles. The molecule has 0 fully saturated rings. The topological polar surface area (TPSA) is 78.4 Å². The van der Waals surface area contributed by atoms with Gasteiger partial charge in [0.1, 0.15) is 0 Å². The van der Waals surface area contributed by atoms with Gasteiger partial charge in [0.15, 0.2) is 5.02 Å². The molecule has 0 aliphatic carbocycles. The lowest BCUT2D eigenvalue weighted by Crippen LogP contribution is -2.04. The second-order valence-electron chi connectivity index (χ2n) is 2.28. The fourth-order valence-corrected chi connectivity index (χ4v) is 1.60. The highest BCUT2D eigenvalue weighted by Crippen LogP contribution is 2.31. The Labute approximate surface area is 95.6 Å². The Balaban J connectivity index is 3.47. The molecule has 9 heteroatoms. The summed E-state index contributed by atoms with van der Waals surface area (Å²) in [5.74, 6) is -0.245. The molecule has 0 aliphatic heterocycles. The van der Waals surface area contributed by atoms with Gasteiger partial charge in [-0.3, -0.25) is 0 Å². The fraction of sp³-hybridized carbons (Fsp3) is 0.333. The van der Waals surface area contributed by atoms with Crippen LogP contribution in [0.3, 0.4) is 0 Å². The highest BCUT2D eigenvalue weighted by Gasteiger charge is 2.21. The van der Waals surface area contributed by atoms with Crippen LogP contribution < -0.4 is 9.47 Å². The summed E-state index contributed by atoms with van der Waals surface area (Å²) in [6, 6.07) is 0. The van der Waals surface area contributed by atoms with Gasteiger partial charge in [-0.15, -0.1) is 0 Å². The summed E-state index contributed by atoms with van der Waals surface area (Å²) < 4.78 is 31.4. The van der Waals surface area contributed by atoms with Crippen molar-refractivity contribution in [1.29, 1.82) is 0 Å². The first kappa shape index (κ1) is 12.3. The number of aromatic nitrogens is 2. The Morgan fingerprint density at radius 3 is 1.80 bits per heavy atom. The maximum absolute atomic E-state index is 11.0. The van der Waals surface area contributed by atoms with Crippen LogP contribution in [0.15, 0.2) is 5.16 Å². The zero-order valence-electron chi connectivity index (χ0n) is 7.69. The Kier molecular flexibility index (Phi) is 3.58. The van der Waals surface area contributed by atoms with Crippen molar-refractivity contribution >= 4 is 31.3 Å². The monoisotopic (exact) mass is 272 g/mol. The molecule has 1 aromatic rings. The lowest BCUT2D eigenvalue weighted by atomic mass is 10.6. The van der Waals surface area contributed by atoms with Crippen molar-refractivity contribution < 1.29 is 17.9 Å². The number of hydrogen-bond donors (Lipinski definition) is 0. The van der Waals surface area contributed by atoms with Crippen LogP contribution in [0.1, 0.15) is 0 Å². The summed E-state index contributed by atoms with van der Waals surface area (Å²) in [5.41, 5.74) is 0. The zero-order valence-corrected chi connectivity index (χ0v) is 10.0. The summed E-state index contributed by atoms with van der Waals surface area (Å²) in [7, 11) is 3.56. The second-order valence-corrected chi connectivity index (χ2v) is 5.11. The van der Waals surface area contributed by atoms with E-state index in [0.29, 0.717) is 0 Å². The van der Waals surface area contributed by atoms with E-state index in [9.17, 15) is 8.42 Å². The lowest BCUT2D eigenvalue weighted by Gasteiger charge is -2.06. The van der Waals surface area contributed by atoms with E-state index in [0.717, 1.165) is 0 Å². The maximum Gasteiger partial charge on any atom is 0.297 e. The molecule has 0 radical (unpaired) electrons. The number of rotatable bonds is 3. The molecule has 0 saturated heterocycles. The van der Waals surface area contributed by atoms with Crippen molar-refractivity contribution in [2.45, 2.75) is 5.16 Å². The molecule has 0 amide bonds. The Hall–Kier alpha value is -0.790. The van der Waals surface area contributed by atoms with Crippen molar-refractivity contribution in [3.63, 3.8) is 0 Å². The van der Waals surface area contributed by atoms with E-state index in [1.807, 2.05) is 0 Å². The van der Waals surface area contributed by atoms with E-state index in [4.69, 9.17) is 31.8 Å². The van der Waals surface area contributed by atoms with Crippen molar-refractivity contribution in [2.24, 2.45) is 0 Å². The Bertz CT molecular complexity index is 451. The molecular formula is C6H6Cl2N2O4S. The highest BCUT2D eigenvalue weighted by atomic mass is 35.7. The minimum atomic E-state index is -4.05. The number of hydrogen-bond acceptors (Lipinski definition) is 6. The molecule has 0 aromatic carbocycles. The molecule has 1 aromatic heterocycles. The summed E-state index contributed by atoms with van der Waals surface area (Å²) in [6.45, 7) is 0. The molecule has 6 nitrogen and oxygen atoms in total. The maximum atomic E-state index is 11.0. The van der Waals surface area contributed by atoms with E-state index in [1.165, 1.54) is 14.2 Å². The Morgan fingerprint density at radius 2 is 1.53 bits per heavy atom. The van der Waals surface area contributed by atoms with Crippen LogP contribution in [0.2, 0.25) is 5.02 Å². The first-order valence-corrected chi connectivity index (χ1v) is 6.19. The van der Waals surface area contributed by atoms with Crippen LogP contribution in [0, 0.1) is 0 Å². The number of nitrogens with zero attached hydrogens (tertiary/aromatic N) is 2. The summed E-state index contributed by atoms with van der Waals surface area (Å²) >= 11 is 5.72. The van der Waals surface area contributed by atoms with Crippen LogP contribution in [0.25, 0.3) is 0 Å². The second kappa shape index (κ2) is 4.38. The van der Waals surface area contributed by atoms with Gasteiger partial charge in [0.05, 0.1) is 14.2 Å². The van der Waals surface area contributed by atoms with Gasteiger partial charge in [0.2, 0.25) is 11.8 Å².